The number of rotatable bonds is 4. The highest BCUT2D eigenvalue weighted by atomic mass is 32.1. The quantitative estimate of drug-likeness (QED) is 0.466. The molecule has 0 aliphatic rings. The molecule has 2 heterocycles. The SMILES string of the molecule is CCOC(=O)c1c(C(C)(C)C)oc2ccc(OC(=O)c3cccs3)cc12. The van der Waals surface area contributed by atoms with E-state index < -0.39 is 11.9 Å². The van der Waals surface area contributed by atoms with Crippen LogP contribution in [0.3, 0.4) is 0 Å². The van der Waals surface area contributed by atoms with Gasteiger partial charge in [-0.2, -0.15) is 0 Å². The molecule has 5 nitrogen and oxygen atoms in total. The van der Waals surface area contributed by atoms with Gasteiger partial charge < -0.3 is 13.9 Å². The zero-order chi connectivity index (χ0) is 18.9. The Morgan fingerprint density at radius 2 is 1.92 bits per heavy atom. The highest BCUT2D eigenvalue weighted by molar-refractivity contribution is 7.12. The number of hydrogen-bond donors (Lipinski definition) is 0. The standard InChI is InChI=1S/C20H20O5S/c1-5-23-19(22)16-13-11-12(24-18(21)15-7-6-10-26-15)8-9-14(13)25-17(16)20(2,3)4/h6-11H,5H2,1-4H3. The Hall–Kier alpha value is -2.60. The lowest BCUT2D eigenvalue weighted by molar-refractivity contribution is 0.0523. The van der Waals surface area contributed by atoms with Crippen molar-refractivity contribution in [3.8, 4) is 5.75 Å². The number of benzene rings is 1. The van der Waals surface area contributed by atoms with Crippen molar-refractivity contribution in [2.45, 2.75) is 33.1 Å². The van der Waals surface area contributed by atoms with Crippen LogP contribution >= 0.6 is 11.3 Å². The molecule has 0 aliphatic heterocycles. The van der Waals surface area contributed by atoms with Crippen molar-refractivity contribution in [3.05, 3.63) is 51.9 Å². The number of ether oxygens (including phenoxy) is 2. The molecule has 26 heavy (non-hydrogen) atoms. The Bertz CT molecular complexity index is 945. The summed E-state index contributed by atoms with van der Waals surface area (Å²) in [7, 11) is 0. The van der Waals surface area contributed by atoms with Crippen LogP contribution in [0.5, 0.6) is 5.75 Å². The molecule has 0 fully saturated rings. The molecule has 0 spiro atoms. The zero-order valence-electron chi connectivity index (χ0n) is 15.1. The summed E-state index contributed by atoms with van der Waals surface area (Å²) < 4.78 is 16.6. The van der Waals surface area contributed by atoms with E-state index in [9.17, 15) is 9.59 Å². The lowest BCUT2D eigenvalue weighted by Crippen LogP contribution is -2.16. The normalized spacial score (nSPS) is 11.5. The van der Waals surface area contributed by atoms with E-state index in [0.717, 1.165) is 0 Å². The number of hydrogen-bond acceptors (Lipinski definition) is 6. The van der Waals surface area contributed by atoms with E-state index in [1.807, 2.05) is 26.2 Å². The van der Waals surface area contributed by atoms with Crippen LogP contribution in [0.4, 0.5) is 0 Å². The fourth-order valence-electron chi connectivity index (χ4n) is 2.63. The molecule has 136 valence electrons. The first-order chi connectivity index (χ1) is 12.3. The van der Waals surface area contributed by atoms with Gasteiger partial charge in [0, 0.05) is 10.8 Å². The van der Waals surface area contributed by atoms with Crippen LogP contribution in [0, 0.1) is 0 Å². The number of carbonyl (C=O) groups excluding carboxylic acids is 2. The fourth-order valence-corrected chi connectivity index (χ4v) is 3.23. The van der Waals surface area contributed by atoms with Gasteiger partial charge in [-0.15, -0.1) is 11.3 Å². The predicted octanol–water partition coefficient (Wildman–Crippen LogP) is 5.19. The molecule has 1 aromatic carbocycles. The van der Waals surface area contributed by atoms with Crippen molar-refractivity contribution < 1.29 is 23.5 Å². The maximum absolute atomic E-state index is 12.5. The molecular formula is C20H20O5S. The number of fused-ring (bicyclic) bond motifs is 1. The zero-order valence-corrected chi connectivity index (χ0v) is 15.9. The van der Waals surface area contributed by atoms with Crippen molar-refractivity contribution in [3.63, 3.8) is 0 Å². The van der Waals surface area contributed by atoms with Gasteiger partial charge in [0.15, 0.2) is 0 Å². The predicted molar refractivity (Wildman–Crippen MR) is 100 cm³/mol. The Kier molecular flexibility index (Phi) is 4.87. The van der Waals surface area contributed by atoms with Crippen LogP contribution < -0.4 is 4.74 Å². The summed E-state index contributed by atoms with van der Waals surface area (Å²) in [6.45, 7) is 7.91. The Morgan fingerprint density at radius 1 is 1.15 bits per heavy atom. The summed E-state index contributed by atoms with van der Waals surface area (Å²) in [4.78, 5) is 25.2. The van der Waals surface area contributed by atoms with Crippen LogP contribution in [0.25, 0.3) is 11.0 Å². The van der Waals surface area contributed by atoms with E-state index >= 15 is 0 Å². The molecule has 6 heteroatoms. The molecule has 0 saturated heterocycles. The Balaban J connectivity index is 2.06. The van der Waals surface area contributed by atoms with Crippen molar-refractivity contribution in [1.82, 2.24) is 0 Å². The Morgan fingerprint density at radius 3 is 2.54 bits per heavy atom. The lowest BCUT2D eigenvalue weighted by atomic mass is 9.89. The maximum atomic E-state index is 12.5. The van der Waals surface area contributed by atoms with Gasteiger partial charge in [-0.05, 0) is 36.6 Å². The van der Waals surface area contributed by atoms with Crippen LogP contribution in [-0.4, -0.2) is 18.5 Å². The third-order valence-electron chi connectivity index (χ3n) is 3.75. The van der Waals surface area contributed by atoms with E-state index in [1.54, 1.807) is 37.3 Å². The van der Waals surface area contributed by atoms with Gasteiger partial charge in [-0.1, -0.05) is 26.8 Å². The van der Waals surface area contributed by atoms with Crippen molar-refractivity contribution >= 4 is 34.2 Å². The van der Waals surface area contributed by atoms with Gasteiger partial charge in [0.1, 0.15) is 27.5 Å². The van der Waals surface area contributed by atoms with E-state index in [0.29, 0.717) is 32.9 Å². The molecule has 0 aliphatic carbocycles. The third-order valence-corrected chi connectivity index (χ3v) is 4.60. The van der Waals surface area contributed by atoms with Crippen LogP contribution in [0.15, 0.2) is 40.1 Å². The molecule has 0 radical (unpaired) electrons. The van der Waals surface area contributed by atoms with Crippen LogP contribution in [0.2, 0.25) is 0 Å². The molecule has 3 rings (SSSR count). The first-order valence-electron chi connectivity index (χ1n) is 8.31. The minimum atomic E-state index is -0.446. The number of thiophene rings is 1. The number of esters is 2. The second-order valence-corrected chi connectivity index (χ2v) is 7.75. The van der Waals surface area contributed by atoms with Crippen molar-refractivity contribution in [2.75, 3.05) is 6.61 Å². The van der Waals surface area contributed by atoms with Gasteiger partial charge in [-0.3, -0.25) is 0 Å². The van der Waals surface area contributed by atoms with Gasteiger partial charge in [0.25, 0.3) is 0 Å². The second kappa shape index (κ2) is 6.96. The van der Waals surface area contributed by atoms with Gasteiger partial charge in [0.2, 0.25) is 0 Å². The van der Waals surface area contributed by atoms with Crippen molar-refractivity contribution in [2.24, 2.45) is 0 Å². The smallest absolute Gasteiger partial charge is 0.353 e. The van der Waals surface area contributed by atoms with E-state index in [2.05, 4.69) is 0 Å². The third kappa shape index (κ3) is 3.51. The van der Waals surface area contributed by atoms with Gasteiger partial charge >= 0.3 is 11.9 Å². The highest BCUT2D eigenvalue weighted by Crippen LogP contribution is 2.36. The first kappa shape index (κ1) is 18.2. The largest absolute Gasteiger partial charge is 0.462 e. The van der Waals surface area contributed by atoms with Gasteiger partial charge in [-0.25, -0.2) is 9.59 Å². The average Bonchev–Trinajstić information content (AvgIpc) is 3.22. The highest BCUT2D eigenvalue weighted by Gasteiger charge is 2.30. The topological polar surface area (TPSA) is 65.7 Å². The molecule has 0 saturated carbocycles. The van der Waals surface area contributed by atoms with Crippen LogP contribution in [-0.2, 0) is 10.2 Å². The summed E-state index contributed by atoms with van der Waals surface area (Å²) >= 11 is 1.31. The molecule has 0 unspecified atom stereocenters. The summed E-state index contributed by atoms with van der Waals surface area (Å²) in [5.74, 6) is 0.0184. The van der Waals surface area contributed by atoms with Crippen molar-refractivity contribution in [1.29, 1.82) is 0 Å². The Labute approximate surface area is 155 Å². The monoisotopic (exact) mass is 372 g/mol. The molecule has 3 aromatic rings. The minimum Gasteiger partial charge on any atom is -0.462 e. The number of furan rings is 1. The molecule has 2 aromatic heterocycles. The maximum Gasteiger partial charge on any atom is 0.353 e. The molecule has 0 atom stereocenters. The van der Waals surface area contributed by atoms with E-state index in [4.69, 9.17) is 13.9 Å². The molecule has 0 amide bonds. The molecule has 0 bridgehead atoms. The second-order valence-electron chi connectivity index (χ2n) is 6.80. The number of carbonyl (C=O) groups is 2. The van der Waals surface area contributed by atoms with Crippen LogP contribution in [0.1, 0.15) is 53.5 Å². The summed E-state index contributed by atoms with van der Waals surface area (Å²) in [5, 5.41) is 2.38. The lowest BCUT2D eigenvalue weighted by Gasteiger charge is -2.16. The van der Waals surface area contributed by atoms with E-state index in [1.165, 1.54) is 11.3 Å². The summed E-state index contributed by atoms with van der Waals surface area (Å²) in [6.07, 6.45) is 0. The first-order valence-corrected chi connectivity index (χ1v) is 9.19. The molecular weight excluding hydrogens is 352 g/mol. The summed E-state index contributed by atoms with van der Waals surface area (Å²) in [5.41, 5.74) is 0.548. The molecule has 0 N–H and O–H groups in total. The van der Waals surface area contributed by atoms with E-state index in [-0.39, 0.29) is 12.0 Å². The average molecular weight is 372 g/mol. The van der Waals surface area contributed by atoms with Gasteiger partial charge in [0.05, 0.1) is 6.61 Å². The minimum absolute atomic E-state index is 0.266. The fraction of sp³-hybridized carbons (Fsp3) is 0.300. The summed E-state index contributed by atoms with van der Waals surface area (Å²) in [6, 6.07) is 8.48.